The molecule has 176 valence electrons. The van der Waals surface area contributed by atoms with Gasteiger partial charge in [0.25, 0.3) is 0 Å². The van der Waals surface area contributed by atoms with Gasteiger partial charge in [0.2, 0.25) is 5.91 Å². The first kappa shape index (κ1) is 23.6. The van der Waals surface area contributed by atoms with E-state index < -0.39 is 17.8 Å². The van der Waals surface area contributed by atoms with Crippen molar-refractivity contribution in [1.82, 2.24) is 9.78 Å². The third kappa shape index (κ3) is 5.51. The Labute approximate surface area is 198 Å². The first-order valence-corrected chi connectivity index (χ1v) is 10.5. The molecular formula is C25H19F3N6O. The topological polar surface area (TPSA) is 110 Å². The number of azide groups is 1. The average Bonchev–Trinajstić information content (AvgIpc) is 3.30. The van der Waals surface area contributed by atoms with Crippen LogP contribution >= 0.6 is 0 Å². The molecular weight excluding hydrogens is 457 g/mol. The Hall–Kier alpha value is -4.56. The van der Waals surface area contributed by atoms with E-state index in [1.54, 1.807) is 36.4 Å². The zero-order chi connectivity index (χ0) is 25.0. The van der Waals surface area contributed by atoms with Crippen molar-refractivity contribution in [2.45, 2.75) is 19.1 Å². The third-order valence-electron chi connectivity index (χ3n) is 5.34. The summed E-state index contributed by atoms with van der Waals surface area (Å²) in [7, 11) is 0. The zero-order valence-electron chi connectivity index (χ0n) is 18.3. The molecule has 0 spiro atoms. The average molecular weight is 476 g/mol. The number of aromatic nitrogens is 2. The van der Waals surface area contributed by atoms with Gasteiger partial charge in [0.15, 0.2) is 5.69 Å². The normalized spacial score (nSPS) is 11.2. The van der Waals surface area contributed by atoms with E-state index in [1.807, 2.05) is 36.4 Å². The molecule has 0 aliphatic rings. The van der Waals surface area contributed by atoms with Crippen LogP contribution in [0.15, 0.2) is 84.0 Å². The second kappa shape index (κ2) is 9.74. The lowest BCUT2D eigenvalue weighted by atomic mass is 10.0. The predicted octanol–water partition coefficient (Wildman–Crippen LogP) is 6.06. The maximum absolute atomic E-state index is 13.5. The van der Waals surface area contributed by atoms with Crippen molar-refractivity contribution in [2.24, 2.45) is 10.8 Å². The number of amides is 1. The minimum Gasteiger partial charge on any atom is -0.369 e. The molecule has 0 aliphatic carbocycles. The number of halogens is 3. The highest BCUT2D eigenvalue weighted by Gasteiger charge is 2.35. The first-order chi connectivity index (χ1) is 16.7. The van der Waals surface area contributed by atoms with Gasteiger partial charge in [-0.2, -0.15) is 18.3 Å². The molecule has 0 saturated carbocycles. The monoisotopic (exact) mass is 476 g/mol. The Morgan fingerprint density at radius 1 is 0.914 bits per heavy atom. The summed E-state index contributed by atoms with van der Waals surface area (Å²) < 4.78 is 41.6. The summed E-state index contributed by atoms with van der Waals surface area (Å²) in [4.78, 5) is 13.9. The molecule has 4 aromatic rings. The molecule has 35 heavy (non-hydrogen) atoms. The van der Waals surface area contributed by atoms with Gasteiger partial charge in [-0.05, 0) is 46.0 Å². The number of carbonyl (C=O) groups excluding carboxylic acids is 1. The van der Waals surface area contributed by atoms with E-state index in [-0.39, 0.29) is 18.7 Å². The molecule has 7 nitrogen and oxygen atoms in total. The van der Waals surface area contributed by atoms with Crippen LogP contribution in [0.2, 0.25) is 0 Å². The molecule has 1 aromatic heterocycles. The number of hydrogen-bond donors (Lipinski definition) is 1. The third-order valence-corrected chi connectivity index (χ3v) is 5.34. The van der Waals surface area contributed by atoms with Gasteiger partial charge in [-0.25, -0.2) is 4.68 Å². The molecule has 0 radical (unpaired) electrons. The Bertz CT molecular complexity index is 1390. The summed E-state index contributed by atoms with van der Waals surface area (Å²) in [5.41, 5.74) is 17.2. The molecule has 2 N–H and O–H groups in total. The standard InChI is InChI=1S/C25H19F3N6O/c26-25(27,28)23-14-22(34(32-23)21-11-3-16(4-12-21)13-24(29)35)20-9-7-19(8-10-20)18-5-1-17(2-6-18)15-31-33-30/h1-12,14H,13,15H2,(H2,29,35). The summed E-state index contributed by atoms with van der Waals surface area (Å²) in [6.07, 6.45) is -4.57. The van der Waals surface area contributed by atoms with E-state index in [0.29, 0.717) is 16.8 Å². The molecule has 1 amide bonds. The van der Waals surface area contributed by atoms with Crippen molar-refractivity contribution in [3.8, 4) is 28.1 Å². The van der Waals surface area contributed by atoms with Crippen LogP contribution < -0.4 is 5.73 Å². The number of benzene rings is 3. The van der Waals surface area contributed by atoms with Crippen molar-refractivity contribution < 1.29 is 18.0 Å². The van der Waals surface area contributed by atoms with E-state index in [0.717, 1.165) is 22.8 Å². The van der Waals surface area contributed by atoms with E-state index in [2.05, 4.69) is 15.1 Å². The van der Waals surface area contributed by atoms with Crippen molar-refractivity contribution in [2.75, 3.05) is 0 Å². The van der Waals surface area contributed by atoms with E-state index >= 15 is 0 Å². The molecule has 1 heterocycles. The number of alkyl halides is 3. The Morgan fingerprint density at radius 2 is 1.46 bits per heavy atom. The van der Waals surface area contributed by atoms with Crippen LogP contribution in [0.3, 0.4) is 0 Å². The number of hydrogen-bond acceptors (Lipinski definition) is 3. The molecule has 0 bridgehead atoms. The van der Waals surface area contributed by atoms with Crippen LogP contribution in [-0.4, -0.2) is 15.7 Å². The highest BCUT2D eigenvalue weighted by Crippen LogP contribution is 2.34. The lowest BCUT2D eigenvalue weighted by molar-refractivity contribution is -0.141. The SMILES string of the molecule is [N-]=[N+]=NCc1ccc(-c2ccc(-c3cc(C(F)(F)F)nn3-c3ccc(CC(N)=O)cc3)cc2)cc1. The number of nitrogens with zero attached hydrogens (tertiary/aromatic N) is 5. The maximum atomic E-state index is 13.5. The molecule has 0 unspecified atom stereocenters. The maximum Gasteiger partial charge on any atom is 0.435 e. The van der Waals surface area contributed by atoms with Crippen LogP contribution in [0.5, 0.6) is 0 Å². The summed E-state index contributed by atoms with van der Waals surface area (Å²) >= 11 is 0. The quantitative estimate of drug-likeness (QED) is 0.199. The molecule has 10 heteroatoms. The zero-order valence-corrected chi connectivity index (χ0v) is 18.3. The summed E-state index contributed by atoms with van der Waals surface area (Å²) in [6, 6.07) is 22.1. The van der Waals surface area contributed by atoms with Gasteiger partial charge in [0.1, 0.15) is 0 Å². The minimum atomic E-state index is -4.61. The lowest BCUT2D eigenvalue weighted by Crippen LogP contribution is -2.13. The minimum absolute atomic E-state index is 0.0357. The highest BCUT2D eigenvalue weighted by molar-refractivity contribution is 5.76. The van der Waals surface area contributed by atoms with E-state index in [4.69, 9.17) is 11.3 Å². The molecule has 0 saturated heterocycles. The summed E-state index contributed by atoms with van der Waals surface area (Å²) in [5.74, 6) is -0.498. The molecule has 0 fully saturated rings. The smallest absolute Gasteiger partial charge is 0.369 e. The van der Waals surface area contributed by atoms with Crippen LogP contribution in [-0.2, 0) is 23.9 Å². The molecule has 3 aromatic carbocycles. The second-order valence-corrected chi connectivity index (χ2v) is 7.80. The Kier molecular flexibility index (Phi) is 6.57. The summed E-state index contributed by atoms with van der Waals surface area (Å²) in [6.45, 7) is 0.255. The number of nitrogens with two attached hydrogens (primary N) is 1. The fourth-order valence-electron chi connectivity index (χ4n) is 3.63. The van der Waals surface area contributed by atoms with Gasteiger partial charge >= 0.3 is 6.18 Å². The Morgan fingerprint density at radius 3 is 2.00 bits per heavy atom. The van der Waals surface area contributed by atoms with E-state index in [1.165, 1.54) is 4.68 Å². The van der Waals surface area contributed by atoms with Gasteiger partial charge < -0.3 is 5.73 Å². The number of rotatable bonds is 7. The fourth-order valence-corrected chi connectivity index (χ4v) is 3.63. The van der Waals surface area contributed by atoms with Crippen LogP contribution in [0.1, 0.15) is 16.8 Å². The number of primary amides is 1. The molecule has 0 atom stereocenters. The van der Waals surface area contributed by atoms with Gasteiger partial charge in [-0.15, -0.1) is 0 Å². The van der Waals surface area contributed by atoms with Gasteiger partial charge in [0, 0.05) is 10.5 Å². The van der Waals surface area contributed by atoms with E-state index in [9.17, 15) is 18.0 Å². The highest BCUT2D eigenvalue weighted by atomic mass is 19.4. The Balaban J connectivity index is 1.67. The largest absolute Gasteiger partial charge is 0.435 e. The van der Waals surface area contributed by atoms with Crippen LogP contribution in [0.4, 0.5) is 13.2 Å². The lowest BCUT2D eigenvalue weighted by Gasteiger charge is -2.10. The predicted molar refractivity (Wildman–Crippen MR) is 125 cm³/mol. The van der Waals surface area contributed by atoms with Gasteiger partial charge in [-0.3, -0.25) is 4.79 Å². The van der Waals surface area contributed by atoms with Crippen molar-refractivity contribution in [1.29, 1.82) is 0 Å². The van der Waals surface area contributed by atoms with Crippen LogP contribution in [0, 0.1) is 0 Å². The van der Waals surface area contributed by atoms with Crippen molar-refractivity contribution in [3.05, 3.63) is 106 Å². The molecule has 0 aliphatic heterocycles. The van der Waals surface area contributed by atoms with Crippen molar-refractivity contribution >= 4 is 5.91 Å². The number of carbonyl (C=O) groups is 1. The fraction of sp³-hybridized carbons (Fsp3) is 0.120. The van der Waals surface area contributed by atoms with Gasteiger partial charge in [-0.1, -0.05) is 65.8 Å². The van der Waals surface area contributed by atoms with Crippen molar-refractivity contribution in [3.63, 3.8) is 0 Å². The molecule has 4 rings (SSSR count). The second-order valence-electron chi connectivity index (χ2n) is 7.80. The van der Waals surface area contributed by atoms with Gasteiger partial charge in [0.05, 0.1) is 24.3 Å². The summed E-state index contributed by atoms with van der Waals surface area (Å²) in [5, 5.41) is 7.33. The first-order valence-electron chi connectivity index (χ1n) is 10.5. The van der Waals surface area contributed by atoms with Crippen LogP contribution in [0.25, 0.3) is 38.5 Å².